The third kappa shape index (κ3) is 2.13. The second kappa shape index (κ2) is 3.84. The quantitative estimate of drug-likeness (QED) is 0.760. The number of aryl methyl sites for hydroxylation is 1. The van der Waals surface area contributed by atoms with Crippen molar-refractivity contribution in [3.8, 4) is 5.69 Å². The molecule has 1 aromatic carbocycles. The van der Waals surface area contributed by atoms with E-state index in [0.717, 1.165) is 22.8 Å². The van der Waals surface area contributed by atoms with Crippen molar-refractivity contribution in [3.05, 3.63) is 29.6 Å². The van der Waals surface area contributed by atoms with E-state index in [0.29, 0.717) is 0 Å². The van der Waals surface area contributed by atoms with E-state index in [2.05, 4.69) is 36.3 Å². The maximum absolute atomic E-state index is 5.90. The fourth-order valence-corrected chi connectivity index (χ4v) is 1.59. The van der Waals surface area contributed by atoms with Crippen LogP contribution < -0.4 is 5.73 Å². The molecule has 0 radical (unpaired) electrons. The number of aromatic nitrogens is 4. The van der Waals surface area contributed by atoms with Gasteiger partial charge >= 0.3 is 0 Å². The number of tetrazole rings is 1. The summed E-state index contributed by atoms with van der Waals surface area (Å²) in [7, 11) is 0. The Labute approximate surface area is 101 Å². The normalized spacial score (nSPS) is 11.8. The molecular weight excluding hydrogens is 214 g/mol. The first-order valence-electron chi connectivity index (χ1n) is 5.55. The average molecular weight is 231 g/mol. The molecule has 2 aromatic rings. The Kier molecular flexibility index (Phi) is 2.61. The SMILES string of the molecule is Cc1ccc(-n2nnnc2C(C)(C)C)cc1N. The van der Waals surface area contributed by atoms with E-state index in [1.807, 2.05) is 25.1 Å². The molecule has 0 spiro atoms. The summed E-state index contributed by atoms with van der Waals surface area (Å²) >= 11 is 0. The lowest BCUT2D eigenvalue weighted by Crippen LogP contribution is -2.19. The number of nitrogens with zero attached hydrogens (tertiary/aromatic N) is 4. The number of hydrogen-bond acceptors (Lipinski definition) is 4. The zero-order valence-electron chi connectivity index (χ0n) is 10.6. The van der Waals surface area contributed by atoms with Crippen LogP contribution in [-0.2, 0) is 5.41 Å². The molecule has 0 bridgehead atoms. The third-order valence-electron chi connectivity index (χ3n) is 2.65. The molecule has 0 aliphatic carbocycles. The molecule has 0 saturated carbocycles. The molecule has 0 fully saturated rings. The van der Waals surface area contributed by atoms with Gasteiger partial charge in [0.1, 0.15) is 0 Å². The molecule has 1 aromatic heterocycles. The number of anilines is 1. The van der Waals surface area contributed by atoms with Crippen LogP contribution >= 0.6 is 0 Å². The predicted octanol–water partition coefficient (Wildman–Crippen LogP) is 1.85. The zero-order chi connectivity index (χ0) is 12.6. The smallest absolute Gasteiger partial charge is 0.162 e. The van der Waals surface area contributed by atoms with E-state index in [-0.39, 0.29) is 5.41 Å². The first-order chi connectivity index (χ1) is 7.89. The number of hydrogen-bond donors (Lipinski definition) is 1. The van der Waals surface area contributed by atoms with Gasteiger partial charge in [0.2, 0.25) is 0 Å². The molecule has 0 amide bonds. The summed E-state index contributed by atoms with van der Waals surface area (Å²) in [5.41, 5.74) is 8.49. The van der Waals surface area contributed by atoms with Crippen LogP contribution in [0.3, 0.4) is 0 Å². The van der Waals surface area contributed by atoms with Crippen LogP contribution in [0.4, 0.5) is 5.69 Å². The van der Waals surface area contributed by atoms with Crippen LogP contribution in [0.5, 0.6) is 0 Å². The van der Waals surface area contributed by atoms with Gasteiger partial charge < -0.3 is 5.73 Å². The molecule has 5 heteroatoms. The predicted molar refractivity (Wildman–Crippen MR) is 67.0 cm³/mol. The lowest BCUT2D eigenvalue weighted by atomic mass is 9.95. The molecule has 0 saturated heterocycles. The fraction of sp³-hybridized carbons (Fsp3) is 0.417. The summed E-state index contributed by atoms with van der Waals surface area (Å²) in [6.07, 6.45) is 0. The Morgan fingerprint density at radius 2 is 1.94 bits per heavy atom. The largest absolute Gasteiger partial charge is 0.398 e. The molecule has 0 aliphatic heterocycles. The topological polar surface area (TPSA) is 69.6 Å². The van der Waals surface area contributed by atoms with Gasteiger partial charge in [-0.3, -0.25) is 0 Å². The highest BCUT2D eigenvalue weighted by Crippen LogP contribution is 2.23. The minimum absolute atomic E-state index is 0.108. The number of nitrogen functional groups attached to an aromatic ring is 1. The highest BCUT2D eigenvalue weighted by Gasteiger charge is 2.22. The van der Waals surface area contributed by atoms with E-state index in [1.54, 1.807) is 4.68 Å². The third-order valence-corrected chi connectivity index (χ3v) is 2.65. The summed E-state index contributed by atoms with van der Waals surface area (Å²) < 4.78 is 1.73. The van der Waals surface area contributed by atoms with E-state index in [4.69, 9.17) is 5.73 Å². The Morgan fingerprint density at radius 1 is 1.24 bits per heavy atom. The van der Waals surface area contributed by atoms with Gasteiger partial charge in [0.15, 0.2) is 5.82 Å². The lowest BCUT2D eigenvalue weighted by molar-refractivity contribution is 0.526. The Hall–Kier alpha value is -1.91. The fourth-order valence-electron chi connectivity index (χ4n) is 1.59. The van der Waals surface area contributed by atoms with Crippen molar-refractivity contribution in [1.82, 2.24) is 20.2 Å². The highest BCUT2D eigenvalue weighted by molar-refractivity contribution is 5.53. The van der Waals surface area contributed by atoms with Crippen molar-refractivity contribution in [2.75, 3.05) is 5.73 Å². The van der Waals surface area contributed by atoms with Gasteiger partial charge in [0.05, 0.1) is 5.69 Å². The molecule has 0 atom stereocenters. The molecule has 17 heavy (non-hydrogen) atoms. The number of rotatable bonds is 1. The van der Waals surface area contributed by atoms with Crippen LogP contribution in [0, 0.1) is 6.92 Å². The van der Waals surface area contributed by atoms with Gasteiger partial charge in [-0.05, 0) is 35.0 Å². The van der Waals surface area contributed by atoms with Gasteiger partial charge in [0, 0.05) is 11.1 Å². The van der Waals surface area contributed by atoms with Gasteiger partial charge in [-0.2, -0.15) is 4.68 Å². The summed E-state index contributed by atoms with van der Waals surface area (Å²) in [6.45, 7) is 8.20. The average Bonchev–Trinajstić information content (AvgIpc) is 2.70. The maximum Gasteiger partial charge on any atom is 0.162 e. The second-order valence-corrected chi connectivity index (χ2v) is 5.21. The lowest BCUT2D eigenvalue weighted by Gasteiger charge is -2.17. The summed E-state index contributed by atoms with van der Waals surface area (Å²) in [6, 6.07) is 5.83. The highest BCUT2D eigenvalue weighted by atomic mass is 15.5. The van der Waals surface area contributed by atoms with E-state index < -0.39 is 0 Å². The summed E-state index contributed by atoms with van der Waals surface area (Å²) in [4.78, 5) is 0. The van der Waals surface area contributed by atoms with Crippen molar-refractivity contribution >= 4 is 5.69 Å². The minimum atomic E-state index is -0.108. The Morgan fingerprint density at radius 3 is 2.53 bits per heavy atom. The molecule has 0 unspecified atom stereocenters. The Balaban J connectivity index is 2.54. The Bertz CT molecular complexity index is 536. The molecular formula is C12H17N5. The van der Waals surface area contributed by atoms with Gasteiger partial charge in [-0.25, -0.2) is 0 Å². The molecule has 90 valence electrons. The number of benzene rings is 1. The van der Waals surface area contributed by atoms with Crippen molar-refractivity contribution in [3.63, 3.8) is 0 Å². The molecule has 1 heterocycles. The molecule has 5 nitrogen and oxygen atoms in total. The molecule has 2 rings (SSSR count). The van der Waals surface area contributed by atoms with Gasteiger partial charge in [0.25, 0.3) is 0 Å². The van der Waals surface area contributed by atoms with E-state index in [9.17, 15) is 0 Å². The zero-order valence-corrected chi connectivity index (χ0v) is 10.6. The van der Waals surface area contributed by atoms with Gasteiger partial charge in [-0.1, -0.05) is 26.8 Å². The van der Waals surface area contributed by atoms with E-state index in [1.165, 1.54) is 0 Å². The second-order valence-electron chi connectivity index (χ2n) is 5.21. The van der Waals surface area contributed by atoms with Crippen molar-refractivity contribution in [1.29, 1.82) is 0 Å². The van der Waals surface area contributed by atoms with Crippen molar-refractivity contribution in [2.45, 2.75) is 33.1 Å². The monoisotopic (exact) mass is 231 g/mol. The van der Waals surface area contributed by atoms with Crippen LogP contribution in [0.2, 0.25) is 0 Å². The number of nitrogens with two attached hydrogens (primary N) is 1. The first-order valence-corrected chi connectivity index (χ1v) is 5.55. The van der Waals surface area contributed by atoms with Crippen LogP contribution in [0.1, 0.15) is 32.2 Å². The standard InChI is InChI=1S/C12H17N5/c1-8-5-6-9(7-10(8)13)17-11(12(2,3)4)14-15-16-17/h5-7H,13H2,1-4H3. The molecule has 2 N–H and O–H groups in total. The first kappa shape index (κ1) is 11.6. The summed E-state index contributed by atoms with van der Waals surface area (Å²) in [5.74, 6) is 0.820. The minimum Gasteiger partial charge on any atom is -0.398 e. The van der Waals surface area contributed by atoms with Crippen molar-refractivity contribution < 1.29 is 0 Å². The van der Waals surface area contributed by atoms with Gasteiger partial charge in [-0.15, -0.1) is 5.10 Å². The summed E-state index contributed by atoms with van der Waals surface area (Å²) in [5, 5.41) is 11.8. The van der Waals surface area contributed by atoms with Crippen LogP contribution in [-0.4, -0.2) is 20.2 Å². The van der Waals surface area contributed by atoms with Crippen molar-refractivity contribution in [2.24, 2.45) is 0 Å². The van der Waals surface area contributed by atoms with Crippen LogP contribution in [0.15, 0.2) is 18.2 Å². The maximum atomic E-state index is 5.90. The van der Waals surface area contributed by atoms with Crippen LogP contribution in [0.25, 0.3) is 5.69 Å². The van der Waals surface area contributed by atoms with E-state index >= 15 is 0 Å². The molecule has 0 aliphatic rings.